The second-order valence-electron chi connectivity index (χ2n) is 4.64. The third kappa shape index (κ3) is 4.89. The molecule has 0 aromatic heterocycles. The second kappa shape index (κ2) is 6.38. The van der Waals surface area contributed by atoms with Gasteiger partial charge in [0.2, 0.25) is 0 Å². The summed E-state index contributed by atoms with van der Waals surface area (Å²) in [6, 6.07) is -0.689. The quantitative estimate of drug-likeness (QED) is 0.736. The highest BCUT2D eigenvalue weighted by Gasteiger charge is 2.17. The molecule has 0 saturated carbocycles. The molecule has 0 aromatic carbocycles. The highest BCUT2D eigenvalue weighted by Crippen LogP contribution is 2.10. The van der Waals surface area contributed by atoms with Gasteiger partial charge in [0.05, 0.1) is 6.04 Å². The van der Waals surface area contributed by atoms with E-state index in [1.807, 2.05) is 0 Å². The van der Waals surface area contributed by atoms with Gasteiger partial charge in [-0.3, -0.25) is 0 Å². The molecule has 0 bridgehead atoms. The number of hydrogen-bond donors (Lipinski definition) is 1. The van der Waals surface area contributed by atoms with E-state index in [1.165, 1.54) is 32.9 Å². The van der Waals surface area contributed by atoms with Crippen LogP contribution in [0.4, 0.5) is 8.78 Å². The second-order valence-corrected chi connectivity index (χ2v) is 4.64. The molecule has 0 radical (unpaired) electrons. The van der Waals surface area contributed by atoms with E-state index in [4.69, 9.17) is 0 Å². The summed E-state index contributed by atoms with van der Waals surface area (Å²) in [4.78, 5) is 2.42. The number of rotatable bonds is 6. The predicted octanol–water partition coefficient (Wildman–Crippen LogP) is 1.96. The lowest BCUT2D eigenvalue weighted by Gasteiger charge is -2.22. The van der Waals surface area contributed by atoms with E-state index < -0.39 is 12.5 Å². The maximum absolute atomic E-state index is 12.2. The number of nitrogens with one attached hydrogen (secondary N) is 1. The van der Waals surface area contributed by atoms with Crippen molar-refractivity contribution in [3.63, 3.8) is 0 Å². The van der Waals surface area contributed by atoms with Crippen molar-refractivity contribution in [2.45, 2.75) is 39.2 Å². The van der Waals surface area contributed by atoms with Crippen molar-refractivity contribution in [1.29, 1.82) is 0 Å². The molecule has 1 fully saturated rings. The Bertz CT molecular complexity index is 170. The van der Waals surface area contributed by atoms with Crippen LogP contribution in [-0.2, 0) is 0 Å². The summed E-state index contributed by atoms with van der Waals surface area (Å²) in [5, 5.41) is 2.88. The first kappa shape index (κ1) is 12.8. The molecule has 1 aliphatic heterocycles. The van der Waals surface area contributed by atoms with E-state index in [9.17, 15) is 8.78 Å². The first-order valence-corrected chi connectivity index (χ1v) is 5.83. The first-order valence-electron chi connectivity index (χ1n) is 5.83. The zero-order valence-corrected chi connectivity index (χ0v) is 9.68. The number of likely N-dealkylation sites (tertiary alicyclic amines) is 1. The van der Waals surface area contributed by atoms with Gasteiger partial charge in [-0.2, -0.15) is 0 Å². The minimum absolute atomic E-state index is 0.448. The lowest BCUT2D eigenvalue weighted by molar-refractivity contribution is 0.103. The predicted molar refractivity (Wildman–Crippen MR) is 58.3 cm³/mol. The van der Waals surface area contributed by atoms with Crippen LogP contribution in [-0.4, -0.2) is 43.5 Å². The molecule has 2 nitrogen and oxygen atoms in total. The van der Waals surface area contributed by atoms with Crippen molar-refractivity contribution in [2.75, 3.05) is 26.2 Å². The average molecular weight is 220 g/mol. The molecule has 1 N–H and O–H groups in total. The molecule has 0 aliphatic carbocycles. The number of alkyl halides is 2. The highest BCUT2D eigenvalue weighted by atomic mass is 19.3. The Morgan fingerprint density at radius 1 is 1.20 bits per heavy atom. The van der Waals surface area contributed by atoms with Crippen molar-refractivity contribution in [2.24, 2.45) is 5.92 Å². The molecule has 1 saturated heterocycles. The van der Waals surface area contributed by atoms with Crippen LogP contribution in [0.5, 0.6) is 0 Å². The van der Waals surface area contributed by atoms with E-state index in [1.54, 1.807) is 0 Å². The number of halogens is 2. The third-order valence-corrected chi connectivity index (χ3v) is 2.93. The van der Waals surface area contributed by atoms with Crippen molar-refractivity contribution in [3.05, 3.63) is 0 Å². The van der Waals surface area contributed by atoms with Gasteiger partial charge in [0.25, 0.3) is 6.43 Å². The van der Waals surface area contributed by atoms with E-state index in [0.29, 0.717) is 12.5 Å². The fourth-order valence-electron chi connectivity index (χ4n) is 1.95. The Hall–Kier alpha value is -0.220. The maximum Gasteiger partial charge on any atom is 0.253 e. The molecule has 0 amide bonds. The van der Waals surface area contributed by atoms with E-state index >= 15 is 0 Å². The summed E-state index contributed by atoms with van der Waals surface area (Å²) in [5.74, 6) is 0.448. The minimum Gasteiger partial charge on any atom is -0.309 e. The van der Waals surface area contributed by atoms with Crippen LogP contribution in [0.15, 0.2) is 0 Å². The highest BCUT2D eigenvalue weighted by molar-refractivity contribution is 4.71. The summed E-state index contributed by atoms with van der Waals surface area (Å²) in [6.07, 6.45) is 0.310. The van der Waals surface area contributed by atoms with Crippen molar-refractivity contribution < 1.29 is 8.78 Å². The monoisotopic (exact) mass is 220 g/mol. The molecule has 15 heavy (non-hydrogen) atoms. The molecule has 90 valence electrons. The average Bonchev–Trinajstić information content (AvgIpc) is 2.66. The molecular formula is C11H22F2N2. The van der Waals surface area contributed by atoms with Crippen LogP contribution >= 0.6 is 0 Å². The van der Waals surface area contributed by atoms with Gasteiger partial charge in [0.1, 0.15) is 0 Å². The van der Waals surface area contributed by atoms with Crippen LogP contribution in [0.25, 0.3) is 0 Å². The van der Waals surface area contributed by atoms with Crippen LogP contribution in [0, 0.1) is 5.92 Å². The summed E-state index contributed by atoms with van der Waals surface area (Å²) in [6.45, 7) is 7.71. The largest absolute Gasteiger partial charge is 0.309 e. The first-order chi connectivity index (χ1) is 7.09. The molecular weight excluding hydrogens is 198 g/mol. The molecule has 2 atom stereocenters. The van der Waals surface area contributed by atoms with Gasteiger partial charge in [-0.05, 0) is 45.3 Å². The van der Waals surface area contributed by atoms with Crippen LogP contribution in [0.2, 0.25) is 0 Å². The number of nitrogens with zero attached hydrogens (tertiary/aromatic N) is 1. The minimum atomic E-state index is -2.26. The fraction of sp³-hybridized carbons (Fsp3) is 1.00. The molecule has 1 heterocycles. The summed E-state index contributed by atoms with van der Waals surface area (Å²) in [7, 11) is 0. The lowest BCUT2D eigenvalue weighted by Crippen LogP contribution is -2.38. The van der Waals surface area contributed by atoms with Gasteiger partial charge in [-0.25, -0.2) is 8.78 Å². The summed E-state index contributed by atoms with van der Waals surface area (Å²) < 4.78 is 24.4. The Balaban J connectivity index is 2.09. The van der Waals surface area contributed by atoms with Gasteiger partial charge in [0.15, 0.2) is 0 Å². The maximum atomic E-state index is 12.2. The summed E-state index contributed by atoms with van der Waals surface area (Å²) >= 11 is 0. The Kier molecular flexibility index (Phi) is 5.47. The molecule has 4 heteroatoms. The Labute approximate surface area is 91.0 Å². The SMILES string of the molecule is CC(CNC(C)C(F)F)CN1CCCC1. The van der Waals surface area contributed by atoms with Gasteiger partial charge < -0.3 is 10.2 Å². The topological polar surface area (TPSA) is 15.3 Å². The van der Waals surface area contributed by atoms with Gasteiger partial charge in [0, 0.05) is 6.54 Å². The zero-order chi connectivity index (χ0) is 11.3. The standard InChI is InChI=1S/C11H22F2N2/c1-9(7-14-10(2)11(12)13)8-15-5-3-4-6-15/h9-11,14H,3-8H2,1-2H3. The van der Waals surface area contributed by atoms with Gasteiger partial charge >= 0.3 is 0 Å². The van der Waals surface area contributed by atoms with Crippen molar-refractivity contribution in [1.82, 2.24) is 10.2 Å². The van der Waals surface area contributed by atoms with E-state index in [-0.39, 0.29) is 0 Å². The van der Waals surface area contributed by atoms with E-state index in [2.05, 4.69) is 17.1 Å². The number of hydrogen-bond acceptors (Lipinski definition) is 2. The van der Waals surface area contributed by atoms with Gasteiger partial charge in [-0.1, -0.05) is 6.92 Å². The molecule has 1 rings (SSSR count). The van der Waals surface area contributed by atoms with Crippen LogP contribution in [0.3, 0.4) is 0 Å². The fourth-order valence-corrected chi connectivity index (χ4v) is 1.95. The zero-order valence-electron chi connectivity index (χ0n) is 9.68. The smallest absolute Gasteiger partial charge is 0.253 e. The Morgan fingerprint density at radius 3 is 2.33 bits per heavy atom. The normalized spacial score (nSPS) is 22.2. The summed E-state index contributed by atoms with van der Waals surface area (Å²) in [5.41, 5.74) is 0. The molecule has 0 spiro atoms. The lowest BCUT2D eigenvalue weighted by atomic mass is 10.1. The van der Waals surface area contributed by atoms with Crippen molar-refractivity contribution >= 4 is 0 Å². The van der Waals surface area contributed by atoms with Crippen LogP contribution in [0.1, 0.15) is 26.7 Å². The molecule has 2 unspecified atom stereocenters. The molecule has 0 aromatic rings. The van der Waals surface area contributed by atoms with E-state index in [0.717, 1.165) is 6.54 Å². The third-order valence-electron chi connectivity index (χ3n) is 2.93. The Morgan fingerprint density at radius 2 is 1.80 bits per heavy atom. The van der Waals surface area contributed by atoms with Crippen molar-refractivity contribution in [3.8, 4) is 0 Å². The molecule has 1 aliphatic rings. The van der Waals surface area contributed by atoms with Gasteiger partial charge in [-0.15, -0.1) is 0 Å². The van der Waals surface area contributed by atoms with Crippen LogP contribution < -0.4 is 5.32 Å².